The Hall–Kier alpha value is -2.56. The van der Waals surface area contributed by atoms with E-state index in [1.165, 1.54) is 12.1 Å². The van der Waals surface area contributed by atoms with Crippen LogP contribution < -0.4 is 4.90 Å². The van der Waals surface area contributed by atoms with E-state index >= 15 is 0 Å². The first-order valence-electron chi connectivity index (χ1n) is 8.18. The van der Waals surface area contributed by atoms with Crippen LogP contribution in [-0.4, -0.2) is 27.9 Å². The standard InChI is InChI=1S/C17H18F3N5/c1-2-24-11-22-23-16(24)12-4-3-7-25(10-12)14-5-6-15(17(18,19)20)13(8-14)9-21/h5-6,8,11-12H,2-4,7,10H2,1H3. The van der Waals surface area contributed by atoms with Crippen LogP contribution >= 0.6 is 0 Å². The van der Waals surface area contributed by atoms with Crippen LogP contribution in [0.4, 0.5) is 18.9 Å². The predicted molar refractivity (Wildman–Crippen MR) is 86.0 cm³/mol. The highest BCUT2D eigenvalue weighted by Crippen LogP contribution is 2.35. The van der Waals surface area contributed by atoms with Gasteiger partial charge in [-0.25, -0.2) is 0 Å². The summed E-state index contributed by atoms with van der Waals surface area (Å²) in [6.45, 7) is 4.18. The Morgan fingerprint density at radius 3 is 2.84 bits per heavy atom. The molecule has 1 unspecified atom stereocenters. The lowest BCUT2D eigenvalue weighted by molar-refractivity contribution is -0.137. The predicted octanol–water partition coefficient (Wildman–Crippen LogP) is 3.57. The van der Waals surface area contributed by atoms with Crippen molar-refractivity contribution in [2.75, 3.05) is 18.0 Å². The maximum atomic E-state index is 13.0. The van der Waals surface area contributed by atoms with Crippen molar-refractivity contribution < 1.29 is 13.2 Å². The third-order valence-electron chi connectivity index (χ3n) is 4.57. The van der Waals surface area contributed by atoms with E-state index in [4.69, 9.17) is 5.26 Å². The van der Waals surface area contributed by atoms with Crippen LogP contribution in [0.1, 0.15) is 42.6 Å². The minimum Gasteiger partial charge on any atom is -0.371 e. The Balaban J connectivity index is 1.86. The van der Waals surface area contributed by atoms with E-state index in [9.17, 15) is 13.2 Å². The Morgan fingerprint density at radius 1 is 1.36 bits per heavy atom. The molecular weight excluding hydrogens is 331 g/mol. The van der Waals surface area contributed by atoms with Gasteiger partial charge >= 0.3 is 6.18 Å². The summed E-state index contributed by atoms with van der Waals surface area (Å²) in [5, 5.41) is 17.2. The number of aromatic nitrogens is 3. The van der Waals surface area contributed by atoms with Gasteiger partial charge in [0.1, 0.15) is 12.2 Å². The van der Waals surface area contributed by atoms with E-state index < -0.39 is 11.7 Å². The fourth-order valence-corrected chi connectivity index (χ4v) is 3.31. The largest absolute Gasteiger partial charge is 0.417 e. The molecule has 132 valence electrons. The minimum absolute atomic E-state index is 0.170. The smallest absolute Gasteiger partial charge is 0.371 e. The fourth-order valence-electron chi connectivity index (χ4n) is 3.31. The molecule has 3 rings (SSSR count). The summed E-state index contributed by atoms with van der Waals surface area (Å²) >= 11 is 0. The molecule has 1 aromatic carbocycles. The van der Waals surface area contributed by atoms with Crippen LogP contribution in [0.25, 0.3) is 0 Å². The van der Waals surface area contributed by atoms with Crippen molar-refractivity contribution in [3.05, 3.63) is 41.5 Å². The summed E-state index contributed by atoms with van der Waals surface area (Å²) in [5.74, 6) is 1.07. The quantitative estimate of drug-likeness (QED) is 0.850. The summed E-state index contributed by atoms with van der Waals surface area (Å²) in [6, 6.07) is 5.43. The highest BCUT2D eigenvalue weighted by molar-refractivity contribution is 5.55. The Bertz CT molecular complexity index is 790. The second kappa shape index (κ2) is 6.75. The molecule has 0 saturated carbocycles. The van der Waals surface area contributed by atoms with Gasteiger partial charge < -0.3 is 9.47 Å². The van der Waals surface area contributed by atoms with E-state index in [2.05, 4.69) is 10.2 Å². The number of nitrogens with zero attached hydrogens (tertiary/aromatic N) is 5. The number of aryl methyl sites for hydroxylation is 1. The van der Waals surface area contributed by atoms with Gasteiger partial charge in [-0.1, -0.05) is 0 Å². The number of nitriles is 1. The average molecular weight is 349 g/mol. The lowest BCUT2D eigenvalue weighted by Crippen LogP contribution is -2.35. The van der Waals surface area contributed by atoms with Crippen molar-refractivity contribution in [2.45, 2.75) is 38.4 Å². The molecule has 0 amide bonds. The van der Waals surface area contributed by atoms with Crippen molar-refractivity contribution in [3.63, 3.8) is 0 Å². The number of anilines is 1. The summed E-state index contributed by atoms with van der Waals surface area (Å²) in [5.41, 5.74) is -0.598. The van der Waals surface area contributed by atoms with Crippen molar-refractivity contribution >= 4 is 5.69 Å². The summed E-state index contributed by atoms with van der Waals surface area (Å²) in [4.78, 5) is 2.02. The second-order valence-corrected chi connectivity index (χ2v) is 6.10. The van der Waals surface area contributed by atoms with Crippen LogP contribution in [0.15, 0.2) is 24.5 Å². The maximum absolute atomic E-state index is 13.0. The van der Waals surface area contributed by atoms with E-state index in [1.807, 2.05) is 16.4 Å². The number of hydrogen-bond acceptors (Lipinski definition) is 4. The summed E-state index contributed by atoms with van der Waals surface area (Å²) in [7, 11) is 0. The maximum Gasteiger partial charge on any atom is 0.417 e. The van der Waals surface area contributed by atoms with Crippen LogP contribution in [0.3, 0.4) is 0 Å². The highest BCUT2D eigenvalue weighted by Gasteiger charge is 2.34. The Morgan fingerprint density at radius 2 is 2.16 bits per heavy atom. The normalized spacial score (nSPS) is 18.2. The SMILES string of the molecule is CCn1cnnc1C1CCCN(c2ccc(C(F)(F)F)c(C#N)c2)C1. The number of hydrogen-bond donors (Lipinski definition) is 0. The van der Waals surface area contributed by atoms with Gasteiger partial charge in [0.05, 0.1) is 17.2 Å². The van der Waals surface area contributed by atoms with Gasteiger partial charge in [0, 0.05) is 31.2 Å². The third kappa shape index (κ3) is 3.45. The molecule has 0 bridgehead atoms. The van der Waals surface area contributed by atoms with Gasteiger partial charge in [-0.05, 0) is 38.0 Å². The van der Waals surface area contributed by atoms with Crippen LogP contribution in [-0.2, 0) is 12.7 Å². The van der Waals surface area contributed by atoms with Gasteiger partial charge in [-0.3, -0.25) is 0 Å². The van der Waals surface area contributed by atoms with Crippen molar-refractivity contribution in [1.82, 2.24) is 14.8 Å². The minimum atomic E-state index is -4.52. The molecule has 1 aromatic heterocycles. The second-order valence-electron chi connectivity index (χ2n) is 6.10. The first-order chi connectivity index (χ1) is 11.9. The monoisotopic (exact) mass is 349 g/mol. The molecule has 8 heteroatoms. The van der Waals surface area contributed by atoms with Gasteiger partial charge in [-0.15, -0.1) is 10.2 Å². The fraction of sp³-hybridized carbons (Fsp3) is 0.471. The third-order valence-corrected chi connectivity index (χ3v) is 4.57. The first-order valence-corrected chi connectivity index (χ1v) is 8.18. The lowest BCUT2D eigenvalue weighted by Gasteiger charge is -2.34. The number of halogens is 3. The van der Waals surface area contributed by atoms with Crippen molar-refractivity contribution in [2.24, 2.45) is 0 Å². The zero-order chi connectivity index (χ0) is 18.0. The van der Waals surface area contributed by atoms with Crippen molar-refractivity contribution in [1.29, 1.82) is 5.26 Å². The molecule has 2 aromatic rings. The molecule has 0 aliphatic carbocycles. The molecule has 25 heavy (non-hydrogen) atoms. The van der Waals surface area contributed by atoms with E-state index in [0.29, 0.717) is 12.2 Å². The molecule has 0 radical (unpaired) electrons. The van der Waals surface area contributed by atoms with Gasteiger partial charge in [0.25, 0.3) is 0 Å². The average Bonchev–Trinajstić information content (AvgIpc) is 3.09. The van der Waals surface area contributed by atoms with Gasteiger partial charge in [0.15, 0.2) is 0 Å². The number of benzene rings is 1. The topological polar surface area (TPSA) is 57.7 Å². The molecule has 1 fully saturated rings. The molecule has 1 saturated heterocycles. The highest BCUT2D eigenvalue weighted by atomic mass is 19.4. The summed E-state index contributed by atoms with van der Waals surface area (Å²) in [6.07, 6.45) is -0.961. The molecule has 2 heterocycles. The van der Waals surface area contributed by atoms with Crippen LogP contribution in [0.5, 0.6) is 0 Å². The van der Waals surface area contributed by atoms with Crippen LogP contribution in [0, 0.1) is 11.3 Å². The number of piperidine rings is 1. The molecule has 1 aliphatic heterocycles. The first kappa shape index (κ1) is 17.3. The Labute approximate surface area is 143 Å². The number of rotatable bonds is 3. The molecule has 1 aliphatic rings. The van der Waals surface area contributed by atoms with Gasteiger partial charge in [-0.2, -0.15) is 18.4 Å². The van der Waals surface area contributed by atoms with Crippen molar-refractivity contribution in [3.8, 4) is 6.07 Å². The van der Waals surface area contributed by atoms with E-state index in [1.54, 1.807) is 12.4 Å². The molecular formula is C17H18F3N5. The lowest BCUT2D eigenvalue weighted by atomic mass is 9.96. The molecule has 0 N–H and O–H groups in total. The Kier molecular flexibility index (Phi) is 4.66. The number of alkyl halides is 3. The molecule has 0 spiro atoms. The van der Waals surface area contributed by atoms with Gasteiger partial charge in [0.2, 0.25) is 0 Å². The van der Waals surface area contributed by atoms with Crippen LogP contribution in [0.2, 0.25) is 0 Å². The van der Waals surface area contributed by atoms with E-state index in [0.717, 1.165) is 37.8 Å². The zero-order valence-electron chi connectivity index (χ0n) is 13.8. The van der Waals surface area contributed by atoms with E-state index in [-0.39, 0.29) is 11.5 Å². The molecule has 5 nitrogen and oxygen atoms in total. The zero-order valence-corrected chi connectivity index (χ0v) is 13.8. The molecule has 1 atom stereocenters. The summed E-state index contributed by atoms with van der Waals surface area (Å²) < 4.78 is 40.9.